The van der Waals surface area contributed by atoms with Gasteiger partial charge in [0.2, 0.25) is 0 Å². The Bertz CT molecular complexity index is 1130. The summed E-state index contributed by atoms with van der Waals surface area (Å²) in [7, 11) is 1.40. The number of carbonyl (C=O) groups is 1. The number of benzene rings is 1. The number of hydrazone groups is 1. The zero-order valence-electron chi connectivity index (χ0n) is 24.5. The first-order valence-corrected chi connectivity index (χ1v) is 14.1. The maximum absolute atomic E-state index is 13.4. The molecule has 0 aliphatic heterocycles. The third kappa shape index (κ3) is 10.3. The SMILES string of the molecule is C/C=C\CN/N=C(\C/C=C/C(O)NC1CCCC(Cc2ccc(F)cc2)(C(=O)OC)C1)c1ccnc(C)c1.CC. The number of hydrogen-bond acceptors (Lipinski definition) is 7. The predicted molar refractivity (Wildman–Crippen MR) is 159 cm³/mol. The van der Waals surface area contributed by atoms with Gasteiger partial charge in [-0.2, -0.15) is 5.10 Å². The van der Waals surface area contributed by atoms with Crippen molar-refractivity contribution in [2.75, 3.05) is 13.7 Å². The van der Waals surface area contributed by atoms with Crippen LogP contribution in [0.3, 0.4) is 0 Å². The normalized spacial score (nSPS) is 20.2. The lowest BCUT2D eigenvalue weighted by atomic mass is 9.68. The lowest BCUT2D eigenvalue weighted by Gasteiger charge is -2.39. The van der Waals surface area contributed by atoms with Gasteiger partial charge in [0.15, 0.2) is 0 Å². The number of hydrogen-bond donors (Lipinski definition) is 3. The molecule has 0 spiro atoms. The zero-order valence-corrected chi connectivity index (χ0v) is 24.5. The van der Waals surface area contributed by atoms with Crippen molar-refractivity contribution >= 4 is 11.7 Å². The summed E-state index contributed by atoms with van der Waals surface area (Å²) in [6, 6.07) is 10.1. The Labute approximate surface area is 238 Å². The highest BCUT2D eigenvalue weighted by Crippen LogP contribution is 2.40. The zero-order chi connectivity index (χ0) is 29.4. The molecular weight excluding hydrogens is 507 g/mol. The smallest absolute Gasteiger partial charge is 0.312 e. The van der Waals surface area contributed by atoms with Gasteiger partial charge in [0.25, 0.3) is 0 Å². The van der Waals surface area contributed by atoms with Crippen LogP contribution in [0.15, 0.2) is 72.0 Å². The lowest BCUT2D eigenvalue weighted by molar-refractivity contribution is -0.155. The molecule has 40 heavy (non-hydrogen) atoms. The highest BCUT2D eigenvalue weighted by Gasteiger charge is 2.44. The average molecular weight is 553 g/mol. The molecule has 0 radical (unpaired) electrons. The third-order valence-corrected chi connectivity index (χ3v) is 6.84. The second-order valence-electron chi connectivity index (χ2n) is 9.79. The molecule has 218 valence electrons. The fourth-order valence-electron chi connectivity index (χ4n) is 5.00. The van der Waals surface area contributed by atoms with Crippen LogP contribution in [0.4, 0.5) is 4.39 Å². The number of esters is 1. The first-order chi connectivity index (χ1) is 19.3. The third-order valence-electron chi connectivity index (χ3n) is 6.84. The topological polar surface area (TPSA) is 95.8 Å². The molecule has 1 aliphatic carbocycles. The van der Waals surface area contributed by atoms with Crippen LogP contribution < -0.4 is 10.7 Å². The van der Waals surface area contributed by atoms with E-state index in [1.165, 1.54) is 19.2 Å². The van der Waals surface area contributed by atoms with Crippen LogP contribution in [0, 0.1) is 18.2 Å². The molecular formula is C32H45FN4O3. The van der Waals surface area contributed by atoms with E-state index in [9.17, 15) is 14.3 Å². The van der Waals surface area contributed by atoms with E-state index < -0.39 is 11.6 Å². The number of carbonyl (C=O) groups excluding carboxylic acids is 1. The molecule has 0 bridgehead atoms. The summed E-state index contributed by atoms with van der Waals surface area (Å²) in [5, 5.41) is 18.5. The molecule has 8 heteroatoms. The summed E-state index contributed by atoms with van der Waals surface area (Å²) in [6.07, 6.45) is 12.3. The molecule has 3 atom stereocenters. The minimum Gasteiger partial charge on any atom is -0.469 e. The first-order valence-electron chi connectivity index (χ1n) is 14.1. The van der Waals surface area contributed by atoms with Gasteiger partial charge in [0.1, 0.15) is 12.0 Å². The van der Waals surface area contributed by atoms with Gasteiger partial charge in [-0.25, -0.2) is 4.39 Å². The minimum absolute atomic E-state index is 0.0681. The van der Waals surface area contributed by atoms with Crippen molar-refractivity contribution in [2.45, 2.75) is 78.5 Å². The number of methoxy groups -OCH3 is 1. The van der Waals surface area contributed by atoms with Crippen LogP contribution in [0.2, 0.25) is 0 Å². The van der Waals surface area contributed by atoms with Gasteiger partial charge >= 0.3 is 5.97 Å². The van der Waals surface area contributed by atoms with E-state index in [1.54, 1.807) is 24.4 Å². The van der Waals surface area contributed by atoms with Crippen LogP contribution in [-0.4, -0.2) is 47.7 Å². The van der Waals surface area contributed by atoms with Crippen molar-refractivity contribution in [1.29, 1.82) is 0 Å². The number of nitrogens with zero attached hydrogens (tertiary/aromatic N) is 2. The highest BCUT2D eigenvalue weighted by molar-refractivity contribution is 6.01. The number of aliphatic hydroxyl groups is 1. The van der Waals surface area contributed by atoms with Crippen LogP contribution in [0.5, 0.6) is 0 Å². The lowest BCUT2D eigenvalue weighted by Crippen LogP contribution is -2.48. The molecule has 1 aromatic carbocycles. The molecule has 0 saturated heterocycles. The molecule has 1 aromatic heterocycles. The van der Waals surface area contributed by atoms with Gasteiger partial charge in [-0.3, -0.25) is 15.1 Å². The Balaban J connectivity index is 0.00000274. The van der Waals surface area contributed by atoms with Gasteiger partial charge in [-0.05, 0) is 75.4 Å². The Morgan fingerprint density at radius 1 is 1.27 bits per heavy atom. The Hall–Kier alpha value is -3.36. The number of aryl methyl sites for hydroxylation is 1. The van der Waals surface area contributed by atoms with Gasteiger partial charge < -0.3 is 15.3 Å². The standard InChI is InChI=1S/C30H39FN4O3.C2H6/c1-4-5-17-33-35-27(24-15-18-32-22(2)19-24)9-6-10-28(36)34-26-8-7-16-30(21-26,29(37)38-3)20-23-11-13-25(31)14-12-23;1-2/h4-6,10-15,18-19,26,28,33-34,36H,7-9,16-17,20-21H2,1-3H3;1-2H3/b5-4-,10-6+,35-27+;. The molecule has 1 fully saturated rings. The fourth-order valence-corrected chi connectivity index (χ4v) is 5.00. The maximum Gasteiger partial charge on any atom is 0.312 e. The van der Waals surface area contributed by atoms with Crippen molar-refractivity contribution in [2.24, 2.45) is 10.5 Å². The molecule has 7 nitrogen and oxygen atoms in total. The van der Waals surface area contributed by atoms with E-state index >= 15 is 0 Å². The van der Waals surface area contributed by atoms with Crippen molar-refractivity contribution in [3.8, 4) is 0 Å². The van der Waals surface area contributed by atoms with Crippen molar-refractivity contribution in [3.63, 3.8) is 0 Å². The van der Waals surface area contributed by atoms with Gasteiger partial charge in [-0.15, -0.1) is 0 Å². The molecule has 3 N–H and O–H groups in total. The van der Waals surface area contributed by atoms with Crippen molar-refractivity contribution in [1.82, 2.24) is 15.7 Å². The molecule has 1 heterocycles. The van der Waals surface area contributed by atoms with Crippen LogP contribution in [0.25, 0.3) is 0 Å². The molecule has 0 amide bonds. The van der Waals surface area contributed by atoms with E-state index in [-0.39, 0.29) is 17.8 Å². The number of rotatable bonds is 12. The highest BCUT2D eigenvalue weighted by atomic mass is 19.1. The van der Waals surface area contributed by atoms with Crippen molar-refractivity contribution in [3.05, 3.63) is 89.5 Å². The number of halogens is 1. The summed E-state index contributed by atoms with van der Waals surface area (Å²) in [5.41, 5.74) is 5.94. The number of aromatic nitrogens is 1. The Morgan fingerprint density at radius 3 is 2.70 bits per heavy atom. The monoisotopic (exact) mass is 552 g/mol. The van der Waals surface area contributed by atoms with Gasteiger partial charge in [0, 0.05) is 29.9 Å². The summed E-state index contributed by atoms with van der Waals surface area (Å²) in [6.45, 7) is 8.52. The number of nitrogens with one attached hydrogen (secondary N) is 2. The second-order valence-corrected chi connectivity index (χ2v) is 9.79. The van der Waals surface area contributed by atoms with E-state index in [1.807, 2.05) is 58.1 Å². The molecule has 2 aromatic rings. The maximum atomic E-state index is 13.4. The van der Waals surface area contributed by atoms with E-state index in [0.29, 0.717) is 32.2 Å². The molecule has 3 unspecified atom stereocenters. The first kappa shape index (κ1) is 32.8. The fraction of sp³-hybridized carbons (Fsp3) is 0.469. The molecule has 3 rings (SSSR count). The van der Waals surface area contributed by atoms with Gasteiger partial charge in [0.05, 0.1) is 24.8 Å². The van der Waals surface area contributed by atoms with E-state index in [0.717, 1.165) is 35.4 Å². The number of pyridine rings is 1. The summed E-state index contributed by atoms with van der Waals surface area (Å²) < 4.78 is 18.6. The summed E-state index contributed by atoms with van der Waals surface area (Å²) in [4.78, 5) is 17.2. The van der Waals surface area contributed by atoms with E-state index in [2.05, 4.69) is 20.8 Å². The summed E-state index contributed by atoms with van der Waals surface area (Å²) in [5.74, 6) is -0.572. The summed E-state index contributed by atoms with van der Waals surface area (Å²) >= 11 is 0. The second kappa shape index (κ2) is 17.4. The average Bonchev–Trinajstić information content (AvgIpc) is 2.96. The van der Waals surface area contributed by atoms with Crippen LogP contribution >= 0.6 is 0 Å². The Morgan fingerprint density at radius 2 is 2.02 bits per heavy atom. The number of ether oxygens (including phenoxy) is 1. The minimum atomic E-state index is -0.879. The van der Waals surface area contributed by atoms with E-state index in [4.69, 9.17) is 4.74 Å². The largest absolute Gasteiger partial charge is 0.469 e. The quantitative estimate of drug-likeness (QED) is 0.0790. The number of aliphatic hydroxyl groups excluding tert-OH is 1. The number of allylic oxidation sites excluding steroid dienone is 2. The molecule has 1 aliphatic rings. The predicted octanol–water partition coefficient (Wildman–Crippen LogP) is 5.62. The Kier molecular flexibility index (Phi) is 14.3. The van der Waals surface area contributed by atoms with Crippen LogP contribution in [-0.2, 0) is 16.0 Å². The van der Waals surface area contributed by atoms with Gasteiger partial charge in [-0.1, -0.05) is 50.6 Å². The molecule has 1 saturated carbocycles. The van der Waals surface area contributed by atoms with Crippen molar-refractivity contribution < 1.29 is 19.0 Å². The van der Waals surface area contributed by atoms with Crippen LogP contribution in [0.1, 0.15) is 69.7 Å².